The number of benzene rings is 1. The Hall–Kier alpha value is -2.41. The van der Waals surface area contributed by atoms with Gasteiger partial charge in [-0.2, -0.15) is 10.1 Å². The number of nitrogens with zero attached hydrogens (tertiary/aromatic N) is 3. The van der Waals surface area contributed by atoms with Gasteiger partial charge >= 0.3 is 0 Å². The van der Waals surface area contributed by atoms with E-state index in [9.17, 15) is 0 Å². The van der Waals surface area contributed by atoms with Crippen LogP contribution in [0.15, 0.2) is 47.1 Å². The van der Waals surface area contributed by atoms with Crippen LogP contribution in [0.1, 0.15) is 30.0 Å². The summed E-state index contributed by atoms with van der Waals surface area (Å²) in [7, 11) is 0. The molecule has 1 fully saturated rings. The van der Waals surface area contributed by atoms with Crippen molar-refractivity contribution in [1.29, 1.82) is 0 Å². The maximum atomic E-state index is 4.54. The van der Waals surface area contributed by atoms with Crippen molar-refractivity contribution in [3.63, 3.8) is 0 Å². The van der Waals surface area contributed by atoms with E-state index in [0.29, 0.717) is 17.7 Å². The lowest BCUT2D eigenvalue weighted by atomic mass is 10.1. The van der Waals surface area contributed by atoms with Gasteiger partial charge in [-0.05, 0) is 40.8 Å². The summed E-state index contributed by atoms with van der Waals surface area (Å²) in [6, 6.07) is 12.4. The van der Waals surface area contributed by atoms with E-state index in [1.165, 1.54) is 18.4 Å². The minimum atomic E-state index is 0.601. The molecule has 1 aliphatic rings. The van der Waals surface area contributed by atoms with Gasteiger partial charge in [0.2, 0.25) is 5.95 Å². The SMILES string of the molecule is Brc1cnc(NCCc2ccccc2)nc1Nc1cc(C2CC2)n[nH]1. The molecule has 0 saturated heterocycles. The summed E-state index contributed by atoms with van der Waals surface area (Å²) >= 11 is 3.49. The second-order valence-electron chi connectivity index (χ2n) is 6.16. The van der Waals surface area contributed by atoms with E-state index < -0.39 is 0 Å². The molecule has 0 bridgehead atoms. The van der Waals surface area contributed by atoms with Crippen LogP contribution in [0.3, 0.4) is 0 Å². The molecule has 0 spiro atoms. The van der Waals surface area contributed by atoms with E-state index >= 15 is 0 Å². The molecule has 7 heteroatoms. The van der Waals surface area contributed by atoms with E-state index in [-0.39, 0.29) is 0 Å². The molecule has 3 N–H and O–H groups in total. The average molecular weight is 399 g/mol. The number of rotatable bonds is 7. The van der Waals surface area contributed by atoms with E-state index in [4.69, 9.17) is 0 Å². The summed E-state index contributed by atoms with van der Waals surface area (Å²) in [5.74, 6) is 2.78. The van der Waals surface area contributed by atoms with Crippen molar-refractivity contribution in [3.05, 3.63) is 58.3 Å². The molecule has 6 nitrogen and oxygen atoms in total. The quantitative estimate of drug-likeness (QED) is 0.554. The van der Waals surface area contributed by atoms with E-state index in [0.717, 1.165) is 29.0 Å². The van der Waals surface area contributed by atoms with Crippen LogP contribution in [0.5, 0.6) is 0 Å². The second-order valence-corrected chi connectivity index (χ2v) is 7.01. The Morgan fingerprint density at radius 1 is 1.20 bits per heavy atom. The summed E-state index contributed by atoms with van der Waals surface area (Å²) in [6.45, 7) is 0.779. The minimum Gasteiger partial charge on any atom is -0.354 e. The normalized spacial score (nSPS) is 13.6. The van der Waals surface area contributed by atoms with Gasteiger partial charge in [0.15, 0.2) is 5.82 Å². The largest absolute Gasteiger partial charge is 0.354 e. The zero-order valence-electron chi connectivity index (χ0n) is 13.7. The first-order chi connectivity index (χ1) is 12.3. The zero-order valence-corrected chi connectivity index (χ0v) is 15.3. The van der Waals surface area contributed by atoms with Crippen LogP contribution in [-0.2, 0) is 6.42 Å². The second kappa shape index (κ2) is 7.23. The maximum Gasteiger partial charge on any atom is 0.224 e. The van der Waals surface area contributed by atoms with Gasteiger partial charge in [-0.25, -0.2) is 4.98 Å². The number of hydrogen-bond donors (Lipinski definition) is 3. The fourth-order valence-corrected chi connectivity index (χ4v) is 2.91. The Morgan fingerprint density at radius 3 is 2.84 bits per heavy atom. The van der Waals surface area contributed by atoms with Gasteiger partial charge in [0.1, 0.15) is 5.82 Å². The van der Waals surface area contributed by atoms with Crippen molar-refractivity contribution in [1.82, 2.24) is 20.2 Å². The Labute approximate surface area is 154 Å². The van der Waals surface area contributed by atoms with Gasteiger partial charge in [-0.3, -0.25) is 5.10 Å². The molecule has 2 heterocycles. The number of hydrogen-bond acceptors (Lipinski definition) is 5. The van der Waals surface area contributed by atoms with Crippen LogP contribution >= 0.6 is 15.9 Å². The number of aromatic nitrogens is 4. The molecule has 0 aliphatic heterocycles. The van der Waals surface area contributed by atoms with Gasteiger partial charge in [0, 0.05) is 24.7 Å². The molecule has 3 aromatic rings. The number of halogens is 1. The molecule has 128 valence electrons. The van der Waals surface area contributed by atoms with Crippen LogP contribution in [-0.4, -0.2) is 26.7 Å². The number of aromatic amines is 1. The summed E-state index contributed by atoms with van der Waals surface area (Å²) < 4.78 is 0.809. The molecule has 1 aromatic carbocycles. The molecule has 4 rings (SSSR count). The first kappa shape index (κ1) is 16.1. The highest BCUT2D eigenvalue weighted by Gasteiger charge is 2.26. The highest BCUT2D eigenvalue weighted by molar-refractivity contribution is 9.10. The van der Waals surface area contributed by atoms with Crippen molar-refractivity contribution >= 4 is 33.5 Å². The third-order valence-electron chi connectivity index (χ3n) is 4.13. The topological polar surface area (TPSA) is 78.5 Å². The van der Waals surface area contributed by atoms with Gasteiger partial charge < -0.3 is 10.6 Å². The summed E-state index contributed by atoms with van der Waals surface area (Å²) in [4.78, 5) is 8.86. The van der Waals surface area contributed by atoms with E-state index in [2.05, 4.69) is 64.9 Å². The van der Waals surface area contributed by atoms with Crippen LogP contribution in [0.25, 0.3) is 0 Å². The molecule has 0 amide bonds. The van der Waals surface area contributed by atoms with Gasteiger partial charge in [-0.1, -0.05) is 30.3 Å². The van der Waals surface area contributed by atoms with Gasteiger partial charge in [-0.15, -0.1) is 0 Å². The Morgan fingerprint density at radius 2 is 2.04 bits per heavy atom. The highest BCUT2D eigenvalue weighted by Crippen LogP contribution is 2.39. The molecule has 0 atom stereocenters. The van der Waals surface area contributed by atoms with Gasteiger partial charge in [0.25, 0.3) is 0 Å². The minimum absolute atomic E-state index is 0.601. The summed E-state index contributed by atoms with van der Waals surface area (Å²) in [5, 5.41) is 13.9. The fourth-order valence-electron chi connectivity index (χ4n) is 2.62. The monoisotopic (exact) mass is 398 g/mol. The van der Waals surface area contributed by atoms with Crippen LogP contribution in [0.2, 0.25) is 0 Å². The van der Waals surface area contributed by atoms with Crippen molar-refractivity contribution in [2.75, 3.05) is 17.2 Å². The Kier molecular flexibility index (Phi) is 4.65. The molecule has 25 heavy (non-hydrogen) atoms. The lowest BCUT2D eigenvalue weighted by molar-refractivity contribution is 0.964. The van der Waals surface area contributed by atoms with Crippen LogP contribution in [0.4, 0.5) is 17.6 Å². The smallest absolute Gasteiger partial charge is 0.224 e. The third-order valence-corrected chi connectivity index (χ3v) is 4.71. The molecule has 1 aliphatic carbocycles. The molecular weight excluding hydrogens is 380 g/mol. The van der Waals surface area contributed by atoms with Crippen molar-refractivity contribution in [3.8, 4) is 0 Å². The number of anilines is 3. The predicted octanol–water partition coefficient (Wildman–Crippen LogP) is 4.24. The lowest BCUT2D eigenvalue weighted by Crippen LogP contribution is -2.09. The summed E-state index contributed by atoms with van der Waals surface area (Å²) in [5.41, 5.74) is 2.41. The molecular formula is C18H19BrN6. The van der Waals surface area contributed by atoms with Crippen LogP contribution < -0.4 is 10.6 Å². The van der Waals surface area contributed by atoms with Crippen molar-refractivity contribution in [2.45, 2.75) is 25.2 Å². The average Bonchev–Trinajstić information content (AvgIpc) is 3.38. The predicted molar refractivity (Wildman–Crippen MR) is 102 cm³/mol. The number of nitrogens with one attached hydrogen (secondary N) is 3. The van der Waals surface area contributed by atoms with Crippen LogP contribution in [0, 0.1) is 0 Å². The Bertz CT molecular complexity index is 844. The molecule has 2 aromatic heterocycles. The third kappa shape index (κ3) is 4.17. The maximum absolute atomic E-state index is 4.54. The van der Waals surface area contributed by atoms with Gasteiger partial charge in [0.05, 0.1) is 10.2 Å². The summed E-state index contributed by atoms with van der Waals surface area (Å²) in [6.07, 6.45) is 5.14. The van der Waals surface area contributed by atoms with Crippen molar-refractivity contribution < 1.29 is 0 Å². The Balaban J connectivity index is 1.39. The highest BCUT2D eigenvalue weighted by atomic mass is 79.9. The number of H-pyrrole nitrogens is 1. The standard InChI is InChI=1S/C18H19BrN6/c19-14-11-21-18(20-9-8-12-4-2-1-3-5-12)23-17(14)22-16-10-15(24-25-16)13-6-7-13/h1-5,10-11,13H,6-9H2,(H3,20,21,22,23,24,25). The molecule has 0 radical (unpaired) electrons. The lowest BCUT2D eigenvalue weighted by Gasteiger charge is -2.09. The zero-order chi connectivity index (χ0) is 17.1. The van der Waals surface area contributed by atoms with Crippen molar-refractivity contribution in [2.24, 2.45) is 0 Å². The molecule has 0 unspecified atom stereocenters. The van der Waals surface area contributed by atoms with E-state index in [1.54, 1.807) is 6.20 Å². The fraction of sp³-hybridized carbons (Fsp3) is 0.278. The first-order valence-electron chi connectivity index (χ1n) is 8.40. The first-order valence-corrected chi connectivity index (χ1v) is 9.20. The molecule has 1 saturated carbocycles. The van der Waals surface area contributed by atoms with E-state index in [1.807, 2.05) is 18.2 Å².